The highest BCUT2D eigenvalue weighted by Gasteiger charge is 2.20. The van der Waals surface area contributed by atoms with Crippen molar-refractivity contribution in [1.82, 2.24) is 9.97 Å². The van der Waals surface area contributed by atoms with E-state index in [9.17, 15) is 4.79 Å². The fraction of sp³-hybridized carbons (Fsp3) is 0.148. The van der Waals surface area contributed by atoms with Crippen LogP contribution in [0.15, 0.2) is 67.0 Å². The van der Waals surface area contributed by atoms with Gasteiger partial charge in [0.1, 0.15) is 5.69 Å². The predicted molar refractivity (Wildman–Crippen MR) is 124 cm³/mol. The molecule has 4 heteroatoms. The fourth-order valence-corrected chi connectivity index (χ4v) is 3.59. The van der Waals surface area contributed by atoms with Gasteiger partial charge in [0.05, 0.1) is 18.2 Å². The third kappa shape index (κ3) is 4.04. The maximum absolute atomic E-state index is 12.4. The molecule has 0 amide bonds. The van der Waals surface area contributed by atoms with E-state index in [-0.39, 0.29) is 5.78 Å². The van der Waals surface area contributed by atoms with E-state index in [2.05, 4.69) is 29.0 Å². The van der Waals surface area contributed by atoms with Crippen LogP contribution in [0.5, 0.6) is 5.75 Å². The number of hydrogen-bond acceptors (Lipinski definition) is 4. The van der Waals surface area contributed by atoms with Crippen molar-refractivity contribution in [2.24, 2.45) is 0 Å². The number of hydrogen-bond donors (Lipinski definition) is 0. The van der Waals surface area contributed by atoms with E-state index < -0.39 is 0 Å². The van der Waals surface area contributed by atoms with Crippen molar-refractivity contribution in [2.75, 3.05) is 7.11 Å². The third-order valence-corrected chi connectivity index (χ3v) is 5.08. The first-order chi connectivity index (χ1) is 15.1. The van der Waals surface area contributed by atoms with Crippen LogP contribution in [0, 0.1) is 11.8 Å². The number of benzene rings is 2. The third-order valence-electron chi connectivity index (χ3n) is 5.08. The number of ether oxygens (including phenoxy) is 1. The van der Waals surface area contributed by atoms with Crippen molar-refractivity contribution in [3.8, 4) is 40.0 Å². The molecule has 2 aromatic heterocycles. The SMILES string of the molecule is CCC#Cc1ccc(-c2ccc(-c3nc4ccncc4c(C(C)=O)c3OC)cc2)cc1. The minimum Gasteiger partial charge on any atom is -0.494 e. The van der Waals surface area contributed by atoms with Crippen LogP contribution >= 0.6 is 0 Å². The lowest BCUT2D eigenvalue weighted by Crippen LogP contribution is -2.03. The molecule has 0 saturated heterocycles. The van der Waals surface area contributed by atoms with Crippen LogP contribution in [-0.4, -0.2) is 22.9 Å². The number of methoxy groups -OCH3 is 1. The largest absolute Gasteiger partial charge is 0.494 e. The molecule has 4 rings (SSSR count). The molecule has 0 saturated carbocycles. The van der Waals surface area contributed by atoms with Gasteiger partial charge in [0.15, 0.2) is 11.5 Å². The second-order valence-electron chi connectivity index (χ2n) is 7.13. The van der Waals surface area contributed by atoms with Crippen LogP contribution in [0.2, 0.25) is 0 Å². The van der Waals surface area contributed by atoms with Crippen LogP contribution in [0.25, 0.3) is 33.3 Å². The Kier molecular flexibility index (Phi) is 5.77. The Bertz CT molecular complexity index is 1310. The Balaban J connectivity index is 1.76. The van der Waals surface area contributed by atoms with Gasteiger partial charge in [0.2, 0.25) is 0 Å². The Morgan fingerprint density at radius 1 is 0.968 bits per heavy atom. The van der Waals surface area contributed by atoms with Crippen LogP contribution in [0.3, 0.4) is 0 Å². The number of fused-ring (bicyclic) bond motifs is 1. The van der Waals surface area contributed by atoms with Gasteiger partial charge in [-0.05, 0) is 36.2 Å². The van der Waals surface area contributed by atoms with Crippen molar-refractivity contribution in [3.05, 3.63) is 78.1 Å². The number of carbonyl (C=O) groups excluding carboxylic acids is 1. The maximum atomic E-state index is 12.4. The Labute approximate surface area is 181 Å². The van der Waals surface area contributed by atoms with Gasteiger partial charge >= 0.3 is 0 Å². The minimum atomic E-state index is -0.0821. The number of Topliss-reactive ketones (excluding diaryl/α,β-unsaturated/α-hetero) is 1. The average Bonchev–Trinajstić information content (AvgIpc) is 2.81. The van der Waals surface area contributed by atoms with Gasteiger partial charge in [0.25, 0.3) is 0 Å². The topological polar surface area (TPSA) is 52.1 Å². The van der Waals surface area contributed by atoms with Gasteiger partial charge in [-0.3, -0.25) is 9.78 Å². The van der Waals surface area contributed by atoms with Crippen LogP contribution in [-0.2, 0) is 0 Å². The zero-order chi connectivity index (χ0) is 21.8. The van der Waals surface area contributed by atoms with Crippen LogP contribution in [0.4, 0.5) is 0 Å². The second kappa shape index (κ2) is 8.81. The summed E-state index contributed by atoms with van der Waals surface area (Å²) in [6, 6.07) is 18.1. The summed E-state index contributed by atoms with van der Waals surface area (Å²) in [5.41, 5.74) is 5.96. The van der Waals surface area contributed by atoms with Crippen molar-refractivity contribution >= 4 is 16.7 Å². The van der Waals surface area contributed by atoms with Crippen molar-refractivity contribution < 1.29 is 9.53 Å². The monoisotopic (exact) mass is 406 g/mol. The van der Waals surface area contributed by atoms with E-state index in [0.717, 1.165) is 28.7 Å². The Morgan fingerprint density at radius 3 is 2.23 bits per heavy atom. The number of ketones is 1. The maximum Gasteiger partial charge on any atom is 0.164 e. The molecule has 152 valence electrons. The molecule has 4 aromatic rings. The van der Waals surface area contributed by atoms with E-state index in [1.54, 1.807) is 19.5 Å². The lowest BCUT2D eigenvalue weighted by atomic mass is 9.98. The molecule has 0 spiro atoms. The standard InChI is InChI=1S/C27H22N2O2/c1-4-5-6-19-7-9-20(10-8-19)21-11-13-22(14-12-21)26-27(31-3)25(18(2)30)23-17-28-16-15-24(23)29-26/h7-17H,4H2,1-3H3. The quantitative estimate of drug-likeness (QED) is 0.311. The molecule has 0 aliphatic carbocycles. The first-order valence-electron chi connectivity index (χ1n) is 10.1. The van der Waals surface area contributed by atoms with Gasteiger partial charge in [-0.15, -0.1) is 0 Å². The highest BCUT2D eigenvalue weighted by molar-refractivity contribution is 6.10. The average molecular weight is 406 g/mol. The molecule has 31 heavy (non-hydrogen) atoms. The molecule has 0 atom stereocenters. The van der Waals surface area contributed by atoms with Gasteiger partial charge < -0.3 is 4.74 Å². The van der Waals surface area contributed by atoms with Gasteiger partial charge in [-0.2, -0.15) is 0 Å². The first-order valence-corrected chi connectivity index (χ1v) is 10.1. The number of aromatic nitrogens is 2. The van der Waals surface area contributed by atoms with E-state index in [1.807, 2.05) is 49.4 Å². The summed E-state index contributed by atoms with van der Waals surface area (Å²) in [5.74, 6) is 6.62. The van der Waals surface area contributed by atoms with Gasteiger partial charge in [-0.25, -0.2) is 4.98 Å². The molecule has 4 nitrogen and oxygen atoms in total. The highest BCUT2D eigenvalue weighted by Crippen LogP contribution is 2.36. The molecular weight excluding hydrogens is 384 g/mol. The summed E-state index contributed by atoms with van der Waals surface area (Å²) >= 11 is 0. The molecule has 0 aliphatic heterocycles. The lowest BCUT2D eigenvalue weighted by Gasteiger charge is -2.14. The highest BCUT2D eigenvalue weighted by atomic mass is 16.5. The second-order valence-corrected chi connectivity index (χ2v) is 7.13. The number of pyridine rings is 2. The van der Waals surface area contributed by atoms with Crippen molar-refractivity contribution in [3.63, 3.8) is 0 Å². The minimum absolute atomic E-state index is 0.0821. The van der Waals surface area contributed by atoms with Crippen LogP contribution in [0.1, 0.15) is 36.2 Å². The summed E-state index contributed by atoms with van der Waals surface area (Å²) in [5, 5.41) is 0.693. The van der Waals surface area contributed by atoms with E-state index in [1.165, 1.54) is 6.92 Å². The molecule has 0 radical (unpaired) electrons. The first kappa shape index (κ1) is 20.3. The zero-order valence-corrected chi connectivity index (χ0v) is 17.8. The molecule has 0 N–H and O–H groups in total. The molecule has 2 heterocycles. The van der Waals surface area contributed by atoms with Crippen LogP contribution < -0.4 is 4.74 Å². The molecule has 0 bridgehead atoms. The van der Waals surface area contributed by atoms with E-state index >= 15 is 0 Å². The molecule has 0 aliphatic rings. The Morgan fingerprint density at radius 2 is 1.61 bits per heavy atom. The summed E-state index contributed by atoms with van der Waals surface area (Å²) < 4.78 is 5.64. The van der Waals surface area contributed by atoms with Gasteiger partial charge in [0, 0.05) is 35.3 Å². The summed E-state index contributed by atoms with van der Waals surface area (Å²) in [4.78, 5) is 21.3. The molecule has 0 unspecified atom stereocenters. The molecule has 0 fully saturated rings. The normalized spacial score (nSPS) is 10.4. The van der Waals surface area contributed by atoms with E-state index in [4.69, 9.17) is 9.72 Å². The molecular formula is C27H22N2O2. The molecule has 2 aromatic carbocycles. The smallest absolute Gasteiger partial charge is 0.164 e. The van der Waals surface area contributed by atoms with Crippen molar-refractivity contribution in [1.29, 1.82) is 0 Å². The van der Waals surface area contributed by atoms with E-state index in [0.29, 0.717) is 27.9 Å². The number of carbonyl (C=O) groups is 1. The lowest BCUT2D eigenvalue weighted by molar-refractivity contribution is 0.101. The summed E-state index contributed by atoms with van der Waals surface area (Å²) in [6.07, 6.45) is 4.17. The fourth-order valence-electron chi connectivity index (χ4n) is 3.59. The summed E-state index contributed by atoms with van der Waals surface area (Å²) in [6.45, 7) is 3.57. The Hall–Kier alpha value is -3.97. The number of nitrogens with zero attached hydrogens (tertiary/aromatic N) is 2. The predicted octanol–water partition coefficient (Wildman–Crippen LogP) is 5.94. The number of rotatable bonds is 4. The summed E-state index contributed by atoms with van der Waals surface area (Å²) in [7, 11) is 1.56. The van der Waals surface area contributed by atoms with Crippen molar-refractivity contribution in [2.45, 2.75) is 20.3 Å². The van der Waals surface area contributed by atoms with Gasteiger partial charge in [-0.1, -0.05) is 55.2 Å². The zero-order valence-electron chi connectivity index (χ0n) is 17.8.